The number of aliphatic hydroxyl groups is 1. The molecule has 3 aromatic rings. The lowest BCUT2D eigenvalue weighted by atomic mass is 9.64. The molecular formula is C28H30BrN5O3. The molecule has 2 aromatic heterocycles. The van der Waals surface area contributed by atoms with Gasteiger partial charge in [0.05, 0.1) is 23.2 Å². The van der Waals surface area contributed by atoms with Crippen molar-refractivity contribution in [2.24, 2.45) is 23.5 Å². The summed E-state index contributed by atoms with van der Waals surface area (Å²) in [5.74, 6) is 1.64. The third kappa shape index (κ3) is 4.31. The van der Waals surface area contributed by atoms with Gasteiger partial charge in [-0.2, -0.15) is 5.26 Å². The van der Waals surface area contributed by atoms with E-state index in [9.17, 15) is 9.90 Å². The number of aliphatic hydroxyl groups excluding tert-OH is 1. The summed E-state index contributed by atoms with van der Waals surface area (Å²) >= 11 is 3.63. The molecule has 2 saturated heterocycles. The van der Waals surface area contributed by atoms with Crippen LogP contribution in [0.5, 0.6) is 0 Å². The summed E-state index contributed by atoms with van der Waals surface area (Å²) < 4.78 is 6.29. The van der Waals surface area contributed by atoms with E-state index in [1.165, 1.54) is 0 Å². The molecule has 2 aliphatic heterocycles. The zero-order valence-electron chi connectivity index (χ0n) is 20.4. The maximum atomic E-state index is 12.6. The first-order valence-electron chi connectivity index (χ1n) is 13.0. The number of pyridine rings is 1. The number of aromatic nitrogens is 1. The van der Waals surface area contributed by atoms with Gasteiger partial charge in [-0.05, 0) is 71.0 Å². The Morgan fingerprint density at radius 1 is 1.30 bits per heavy atom. The molecule has 2 bridgehead atoms. The molecule has 192 valence electrons. The minimum atomic E-state index is -0.232. The summed E-state index contributed by atoms with van der Waals surface area (Å²) in [6, 6.07) is 12.4. The van der Waals surface area contributed by atoms with E-state index in [2.05, 4.69) is 37.6 Å². The molecule has 1 amide bonds. The molecular weight excluding hydrogens is 534 g/mol. The molecule has 5 atom stereocenters. The van der Waals surface area contributed by atoms with E-state index in [4.69, 9.17) is 15.4 Å². The number of fused-ring (bicyclic) bond motifs is 3. The van der Waals surface area contributed by atoms with Gasteiger partial charge in [0.25, 0.3) is 0 Å². The smallest absolute Gasteiger partial charge is 0.222 e. The van der Waals surface area contributed by atoms with Crippen LogP contribution in [0.2, 0.25) is 0 Å². The average molecular weight is 564 g/mol. The van der Waals surface area contributed by atoms with Gasteiger partial charge in [0.2, 0.25) is 11.7 Å². The summed E-state index contributed by atoms with van der Waals surface area (Å²) in [6.45, 7) is -0.00778. The molecule has 0 spiro atoms. The van der Waals surface area contributed by atoms with E-state index in [0.29, 0.717) is 23.5 Å². The first-order valence-corrected chi connectivity index (χ1v) is 13.8. The van der Waals surface area contributed by atoms with Crippen LogP contribution in [0.3, 0.4) is 0 Å². The van der Waals surface area contributed by atoms with Crippen molar-refractivity contribution < 1.29 is 14.3 Å². The van der Waals surface area contributed by atoms with Crippen molar-refractivity contribution in [2.45, 2.75) is 62.8 Å². The van der Waals surface area contributed by atoms with Gasteiger partial charge in [-0.15, -0.1) is 0 Å². The summed E-state index contributed by atoms with van der Waals surface area (Å²) in [5, 5.41) is 26.9. The van der Waals surface area contributed by atoms with Crippen LogP contribution in [0.25, 0.3) is 11.0 Å². The Hall–Kier alpha value is -2.93. The highest BCUT2D eigenvalue weighted by atomic mass is 79.9. The number of hydrogen-bond acceptors (Lipinski definition) is 7. The molecule has 9 heteroatoms. The van der Waals surface area contributed by atoms with Crippen LogP contribution < -0.4 is 16.4 Å². The van der Waals surface area contributed by atoms with Crippen LogP contribution in [-0.2, 0) is 11.4 Å². The normalized spacial score (nSPS) is 30.9. The molecule has 3 unspecified atom stereocenters. The third-order valence-corrected chi connectivity index (χ3v) is 9.60. The number of amides is 1. The number of carbonyl (C=O) groups excluding carboxylic acids is 1. The minimum Gasteiger partial charge on any atom is -0.444 e. The standard InChI is InChI=1S/C28H30BrN5O3/c29-25-20-9-18(11-30)37-22(20)12-32-28(25)33-17-6-4-15(5-7-17)19-10-21-23(24(27(31)36)26(19)34-21)16-3-1-2-14(8-16)13-35/h1-3,8-9,12,15,17,19,21,23-24,26,34-35H,4-7,10,13H2,(H2,31,36)(H,32,33)/t15?,17?,19?,21?,23-,24+,26?/m0/s1. The number of halogens is 1. The average Bonchev–Trinajstić information content (AvgIpc) is 3.64. The molecule has 8 nitrogen and oxygen atoms in total. The SMILES string of the molecule is N#Cc1cc2c(Br)c(NC3CCC(C4CC5NC4[C@H](C(N)=O)[C@H]5c4cccc(CO)c4)CC3)ncc2o1. The van der Waals surface area contributed by atoms with Gasteiger partial charge in [0.15, 0.2) is 5.58 Å². The maximum Gasteiger partial charge on any atom is 0.222 e. The third-order valence-electron chi connectivity index (χ3n) is 8.79. The molecule has 5 N–H and O–H groups in total. The van der Waals surface area contributed by atoms with Gasteiger partial charge in [0, 0.05) is 35.5 Å². The lowest BCUT2D eigenvalue weighted by Gasteiger charge is -2.40. The Kier molecular flexibility index (Phi) is 6.43. The van der Waals surface area contributed by atoms with E-state index >= 15 is 0 Å². The predicted molar refractivity (Wildman–Crippen MR) is 142 cm³/mol. The van der Waals surface area contributed by atoms with Gasteiger partial charge in [0.1, 0.15) is 11.9 Å². The number of rotatable bonds is 6. The molecule has 1 aromatic carbocycles. The molecule has 3 fully saturated rings. The number of nitrogens with one attached hydrogen (secondary N) is 2. The number of nitrogens with zero attached hydrogens (tertiary/aromatic N) is 2. The maximum absolute atomic E-state index is 12.6. The van der Waals surface area contributed by atoms with Gasteiger partial charge in [-0.3, -0.25) is 4.79 Å². The van der Waals surface area contributed by atoms with Crippen molar-refractivity contribution in [2.75, 3.05) is 5.32 Å². The number of benzene rings is 1. The van der Waals surface area contributed by atoms with Crippen molar-refractivity contribution in [1.82, 2.24) is 10.3 Å². The van der Waals surface area contributed by atoms with Crippen molar-refractivity contribution >= 4 is 38.6 Å². The van der Waals surface area contributed by atoms with E-state index in [-0.39, 0.29) is 42.2 Å². The lowest BCUT2D eigenvalue weighted by Crippen LogP contribution is -2.44. The molecule has 1 aliphatic carbocycles. The van der Waals surface area contributed by atoms with E-state index in [1.54, 1.807) is 12.3 Å². The Labute approximate surface area is 223 Å². The summed E-state index contributed by atoms with van der Waals surface area (Å²) in [7, 11) is 0. The number of nitriles is 1. The first-order chi connectivity index (χ1) is 18.0. The quantitative estimate of drug-likeness (QED) is 0.353. The van der Waals surface area contributed by atoms with Gasteiger partial charge in [-0.25, -0.2) is 4.98 Å². The van der Waals surface area contributed by atoms with E-state index < -0.39 is 0 Å². The second kappa shape index (κ2) is 9.75. The van der Waals surface area contributed by atoms with Gasteiger partial charge < -0.3 is 25.9 Å². The second-order valence-electron chi connectivity index (χ2n) is 10.7. The molecule has 3 aliphatic rings. The molecule has 37 heavy (non-hydrogen) atoms. The number of furan rings is 1. The van der Waals surface area contributed by atoms with Crippen LogP contribution in [-0.4, -0.2) is 34.1 Å². The summed E-state index contributed by atoms with van der Waals surface area (Å²) in [4.78, 5) is 17.2. The predicted octanol–water partition coefficient (Wildman–Crippen LogP) is 4.17. The van der Waals surface area contributed by atoms with E-state index in [1.807, 2.05) is 24.3 Å². The topological polar surface area (TPSA) is 137 Å². The van der Waals surface area contributed by atoms with Crippen molar-refractivity contribution in [3.63, 3.8) is 0 Å². The fraction of sp³-hybridized carbons (Fsp3) is 0.464. The fourth-order valence-electron chi connectivity index (χ4n) is 7.17. The molecule has 1 saturated carbocycles. The van der Waals surface area contributed by atoms with Crippen molar-refractivity contribution in [1.29, 1.82) is 5.26 Å². The van der Waals surface area contributed by atoms with Gasteiger partial charge in [-0.1, -0.05) is 24.3 Å². The number of nitrogens with two attached hydrogens (primary N) is 1. The number of carbonyl (C=O) groups is 1. The van der Waals surface area contributed by atoms with Crippen molar-refractivity contribution in [3.8, 4) is 6.07 Å². The molecule has 0 radical (unpaired) electrons. The van der Waals surface area contributed by atoms with Crippen LogP contribution >= 0.6 is 15.9 Å². The molecule has 6 rings (SSSR count). The molecule has 4 heterocycles. The van der Waals surface area contributed by atoms with Crippen LogP contribution in [0.4, 0.5) is 5.82 Å². The Morgan fingerprint density at radius 3 is 2.84 bits per heavy atom. The Morgan fingerprint density at radius 2 is 2.11 bits per heavy atom. The zero-order chi connectivity index (χ0) is 25.7. The van der Waals surface area contributed by atoms with Crippen LogP contribution in [0.1, 0.15) is 54.9 Å². The number of primary amides is 1. The highest BCUT2D eigenvalue weighted by Gasteiger charge is 2.56. The lowest BCUT2D eigenvalue weighted by molar-refractivity contribution is -0.123. The number of hydrogen-bond donors (Lipinski definition) is 4. The van der Waals surface area contributed by atoms with Crippen LogP contribution in [0, 0.1) is 29.1 Å². The highest BCUT2D eigenvalue weighted by molar-refractivity contribution is 9.10. The van der Waals surface area contributed by atoms with Gasteiger partial charge >= 0.3 is 0 Å². The fourth-order valence-corrected chi connectivity index (χ4v) is 7.70. The largest absolute Gasteiger partial charge is 0.444 e. The zero-order valence-corrected chi connectivity index (χ0v) is 21.9. The monoisotopic (exact) mass is 563 g/mol. The summed E-state index contributed by atoms with van der Waals surface area (Å²) in [5.41, 5.74) is 8.52. The Balaban J connectivity index is 1.12. The minimum absolute atomic E-state index is 0.00778. The summed E-state index contributed by atoms with van der Waals surface area (Å²) in [6.07, 6.45) is 6.95. The second-order valence-corrected chi connectivity index (χ2v) is 11.5. The highest BCUT2D eigenvalue weighted by Crippen LogP contribution is 2.51. The Bertz CT molecular complexity index is 1380. The van der Waals surface area contributed by atoms with Crippen LogP contribution in [0.15, 0.2) is 45.4 Å². The first kappa shape index (κ1) is 24.4. The van der Waals surface area contributed by atoms with E-state index in [0.717, 1.165) is 58.9 Å². The van der Waals surface area contributed by atoms with Crippen molar-refractivity contribution in [3.05, 3.63) is 57.9 Å². The number of anilines is 1.